The molecule has 1 aliphatic rings. The SMILES string of the molecule is Fc1cnn(C2(CS)CCC2)c1. The van der Waals surface area contributed by atoms with Crippen LogP contribution in [0.3, 0.4) is 0 Å². The van der Waals surface area contributed by atoms with Crippen molar-refractivity contribution >= 4 is 12.6 Å². The molecule has 4 heteroatoms. The molecule has 0 N–H and O–H groups in total. The number of thiol groups is 1. The quantitative estimate of drug-likeness (QED) is 0.698. The Labute approximate surface area is 76.2 Å². The minimum atomic E-state index is -0.261. The summed E-state index contributed by atoms with van der Waals surface area (Å²) in [5, 5.41) is 3.97. The molecule has 2 rings (SSSR count). The molecule has 12 heavy (non-hydrogen) atoms. The van der Waals surface area contributed by atoms with Gasteiger partial charge in [0, 0.05) is 5.75 Å². The predicted octanol–water partition coefficient (Wildman–Crippen LogP) is 1.83. The monoisotopic (exact) mass is 186 g/mol. The lowest BCUT2D eigenvalue weighted by atomic mass is 9.78. The van der Waals surface area contributed by atoms with Crippen LogP contribution in [0.15, 0.2) is 12.4 Å². The van der Waals surface area contributed by atoms with Crippen LogP contribution in [0.25, 0.3) is 0 Å². The first kappa shape index (κ1) is 8.10. The van der Waals surface area contributed by atoms with E-state index < -0.39 is 0 Å². The zero-order valence-electron chi connectivity index (χ0n) is 6.70. The molecule has 1 heterocycles. The van der Waals surface area contributed by atoms with Gasteiger partial charge < -0.3 is 0 Å². The molecular formula is C8H11FN2S. The van der Waals surface area contributed by atoms with Gasteiger partial charge in [0.15, 0.2) is 5.82 Å². The van der Waals surface area contributed by atoms with Crippen LogP contribution in [0.5, 0.6) is 0 Å². The average molecular weight is 186 g/mol. The summed E-state index contributed by atoms with van der Waals surface area (Å²) in [6, 6.07) is 0. The Hall–Kier alpha value is -0.510. The van der Waals surface area contributed by atoms with Crippen LogP contribution in [-0.2, 0) is 5.54 Å². The minimum Gasteiger partial charge on any atom is -0.263 e. The molecule has 0 atom stereocenters. The minimum absolute atomic E-state index is 0.00739. The van der Waals surface area contributed by atoms with Crippen LogP contribution in [0.2, 0.25) is 0 Å². The highest BCUT2D eigenvalue weighted by molar-refractivity contribution is 7.80. The fraction of sp³-hybridized carbons (Fsp3) is 0.625. The summed E-state index contributed by atoms with van der Waals surface area (Å²) in [5.74, 6) is 0.483. The van der Waals surface area contributed by atoms with Gasteiger partial charge in [0.2, 0.25) is 0 Å². The van der Waals surface area contributed by atoms with E-state index >= 15 is 0 Å². The fourth-order valence-corrected chi connectivity index (χ4v) is 2.07. The molecule has 1 saturated carbocycles. The van der Waals surface area contributed by atoms with Crippen LogP contribution in [0.1, 0.15) is 19.3 Å². The van der Waals surface area contributed by atoms with E-state index in [-0.39, 0.29) is 11.4 Å². The van der Waals surface area contributed by atoms with Gasteiger partial charge in [0.05, 0.1) is 17.9 Å². The molecule has 0 spiro atoms. The Balaban J connectivity index is 2.27. The molecule has 0 saturated heterocycles. The second-order valence-electron chi connectivity index (χ2n) is 3.34. The Morgan fingerprint density at radius 1 is 1.67 bits per heavy atom. The second-order valence-corrected chi connectivity index (χ2v) is 3.66. The van der Waals surface area contributed by atoms with E-state index in [1.165, 1.54) is 18.8 Å². The maximum Gasteiger partial charge on any atom is 0.161 e. The lowest BCUT2D eigenvalue weighted by molar-refractivity contribution is 0.155. The first-order valence-electron chi connectivity index (χ1n) is 4.08. The van der Waals surface area contributed by atoms with Gasteiger partial charge in [-0.05, 0) is 19.3 Å². The van der Waals surface area contributed by atoms with Crippen molar-refractivity contribution in [2.45, 2.75) is 24.8 Å². The van der Waals surface area contributed by atoms with Crippen LogP contribution in [0.4, 0.5) is 4.39 Å². The molecule has 2 nitrogen and oxygen atoms in total. The molecule has 0 aromatic carbocycles. The lowest BCUT2D eigenvalue weighted by Gasteiger charge is -2.40. The topological polar surface area (TPSA) is 17.8 Å². The average Bonchev–Trinajstić information content (AvgIpc) is 2.35. The van der Waals surface area contributed by atoms with Gasteiger partial charge in [0.25, 0.3) is 0 Å². The van der Waals surface area contributed by atoms with Crippen molar-refractivity contribution in [3.8, 4) is 0 Å². The van der Waals surface area contributed by atoms with Gasteiger partial charge in [-0.1, -0.05) is 0 Å². The van der Waals surface area contributed by atoms with Crippen molar-refractivity contribution in [3.63, 3.8) is 0 Å². The van der Waals surface area contributed by atoms with Crippen molar-refractivity contribution in [2.24, 2.45) is 0 Å². The highest BCUT2D eigenvalue weighted by Crippen LogP contribution is 2.39. The van der Waals surface area contributed by atoms with Gasteiger partial charge in [-0.25, -0.2) is 4.39 Å². The predicted molar refractivity (Wildman–Crippen MR) is 47.9 cm³/mol. The van der Waals surface area contributed by atoms with Crippen LogP contribution in [-0.4, -0.2) is 15.5 Å². The first-order valence-corrected chi connectivity index (χ1v) is 4.72. The third kappa shape index (κ3) is 1.05. The van der Waals surface area contributed by atoms with Crippen molar-refractivity contribution in [2.75, 3.05) is 5.75 Å². The summed E-state index contributed by atoms with van der Waals surface area (Å²) < 4.78 is 14.4. The summed E-state index contributed by atoms with van der Waals surface area (Å²) in [5.41, 5.74) is 0.00739. The fourth-order valence-electron chi connectivity index (χ4n) is 1.60. The molecule has 0 bridgehead atoms. The molecule has 66 valence electrons. The summed E-state index contributed by atoms with van der Waals surface area (Å²) in [7, 11) is 0. The smallest absolute Gasteiger partial charge is 0.161 e. The third-order valence-corrected chi connectivity index (χ3v) is 3.20. The highest BCUT2D eigenvalue weighted by atomic mass is 32.1. The van der Waals surface area contributed by atoms with E-state index in [9.17, 15) is 4.39 Å². The molecule has 1 aromatic rings. The Morgan fingerprint density at radius 3 is 2.75 bits per heavy atom. The van der Waals surface area contributed by atoms with Crippen molar-refractivity contribution in [1.29, 1.82) is 0 Å². The summed E-state index contributed by atoms with van der Waals surface area (Å²) in [6.45, 7) is 0. The van der Waals surface area contributed by atoms with Crippen LogP contribution in [0, 0.1) is 5.82 Å². The van der Waals surface area contributed by atoms with Gasteiger partial charge >= 0.3 is 0 Å². The van der Waals surface area contributed by atoms with E-state index in [1.807, 2.05) is 0 Å². The van der Waals surface area contributed by atoms with E-state index in [1.54, 1.807) is 4.68 Å². The summed E-state index contributed by atoms with van der Waals surface area (Å²) in [6.07, 6.45) is 6.04. The maximum absolute atomic E-state index is 12.6. The Bertz CT molecular complexity index is 275. The first-order chi connectivity index (χ1) is 5.77. The van der Waals surface area contributed by atoms with Gasteiger partial charge in [-0.15, -0.1) is 0 Å². The molecule has 0 radical (unpaired) electrons. The number of hydrogen-bond acceptors (Lipinski definition) is 2. The maximum atomic E-state index is 12.6. The molecule has 1 fully saturated rings. The van der Waals surface area contributed by atoms with Crippen LogP contribution >= 0.6 is 12.6 Å². The van der Waals surface area contributed by atoms with E-state index in [2.05, 4.69) is 17.7 Å². The molecule has 0 aliphatic heterocycles. The van der Waals surface area contributed by atoms with Gasteiger partial charge in [-0.2, -0.15) is 17.7 Å². The zero-order chi connectivity index (χ0) is 8.60. The number of halogens is 1. The van der Waals surface area contributed by atoms with Crippen LogP contribution < -0.4 is 0 Å². The Kier molecular flexibility index (Phi) is 1.87. The summed E-state index contributed by atoms with van der Waals surface area (Å²) in [4.78, 5) is 0. The Morgan fingerprint density at radius 2 is 2.42 bits per heavy atom. The standard InChI is InChI=1S/C8H11FN2S/c9-7-4-10-11(5-7)8(6-12)2-1-3-8/h4-5,12H,1-3,6H2. The third-order valence-electron chi connectivity index (χ3n) is 2.62. The van der Waals surface area contributed by atoms with Crippen molar-refractivity contribution in [3.05, 3.63) is 18.2 Å². The number of rotatable bonds is 2. The molecule has 0 amide bonds. The van der Waals surface area contributed by atoms with Gasteiger partial charge in [0.1, 0.15) is 0 Å². The highest BCUT2D eigenvalue weighted by Gasteiger charge is 2.38. The largest absolute Gasteiger partial charge is 0.263 e. The van der Waals surface area contributed by atoms with E-state index in [0.29, 0.717) is 0 Å². The van der Waals surface area contributed by atoms with E-state index in [4.69, 9.17) is 0 Å². The zero-order valence-corrected chi connectivity index (χ0v) is 7.60. The van der Waals surface area contributed by atoms with Gasteiger partial charge in [-0.3, -0.25) is 4.68 Å². The normalized spacial score (nSPS) is 20.5. The number of aromatic nitrogens is 2. The molecule has 1 aromatic heterocycles. The molecular weight excluding hydrogens is 175 g/mol. The number of hydrogen-bond donors (Lipinski definition) is 1. The van der Waals surface area contributed by atoms with Crippen molar-refractivity contribution in [1.82, 2.24) is 9.78 Å². The number of nitrogens with zero attached hydrogens (tertiary/aromatic N) is 2. The summed E-state index contributed by atoms with van der Waals surface area (Å²) >= 11 is 4.27. The second kappa shape index (κ2) is 2.76. The van der Waals surface area contributed by atoms with Crippen molar-refractivity contribution < 1.29 is 4.39 Å². The van der Waals surface area contributed by atoms with E-state index in [0.717, 1.165) is 18.6 Å². The lowest BCUT2D eigenvalue weighted by Crippen LogP contribution is -2.42. The molecule has 1 aliphatic carbocycles. The molecule has 0 unspecified atom stereocenters.